The molecule has 6 aromatic rings. The van der Waals surface area contributed by atoms with E-state index in [-0.39, 0.29) is 51.3 Å². The van der Waals surface area contributed by atoms with Crippen molar-refractivity contribution in [3.63, 3.8) is 0 Å². The molecule has 4 N–H and O–H groups in total. The highest BCUT2D eigenvalue weighted by Crippen LogP contribution is 2.54. The molecule has 1 spiro atoms. The summed E-state index contributed by atoms with van der Waals surface area (Å²) in [5.41, 5.74) is 2.79. The number of rotatable bonds is 16. The van der Waals surface area contributed by atoms with Gasteiger partial charge in [-0.25, -0.2) is 26.9 Å². The number of piperazine rings is 1. The predicted octanol–water partition coefficient (Wildman–Crippen LogP) is 10.5. The molecule has 1 unspecified atom stereocenters. The molecule has 2 aromatic heterocycles. The number of piperidine rings is 1. The van der Waals surface area contributed by atoms with Crippen molar-refractivity contribution in [2.45, 2.75) is 107 Å². The Bertz CT molecular complexity index is 3220. The van der Waals surface area contributed by atoms with E-state index in [4.69, 9.17) is 9.47 Å². The maximum atomic E-state index is 16.6. The van der Waals surface area contributed by atoms with Crippen molar-refractivity contribution in [2.24, 2.45) is 11.3 Å². The predicted molar refractivity (Wildman–Crippen MR) is 286 cm³/mol. The number of hydrogen-bond acceptors (Lipinski definition) is 13. The Labute approximate surface area is 442 Å². The van der Waals surface area contributed by atoms with Crippen molar-refractivity contribution in [3.05, 3.63) is 141 Å². The fourth-order valence-electron chi connectivity index (χ4n) is 12.0. The van der Waals surface area contributed by atoms with E-state index < -0.39 is 54.2 Å². The Balaban J connectivity index is 0.852. The van der Waals surface area contributed by atoms with Crippen molar-refractivity contribution in [2.75, 3.05) is 56.6 Å². The Morgan fingerprint density at radius 3 is 2.39 bits per heavy atom. The lowest BCUT2D eigenvalue weighted by Crippen LogP contribution is -2.60. The number of ether oxygens (including phenoxy) is 2. The number of pyridine rings is 1. The molecule has 4 aromatic carbocycles. The molecule has 76 heavy (non-hydrogen) atoms. The van der Waals surface area contributed by atoms with Crippen LogP contribution < -0.4 is 24.4 Å². The van der Waals surface area contributed by atoms with Gasteiger partial charge in [-0.15, -0.1) is 0 Å². The first-order chi connectivity index (χ1) is 36.4. The topological polar surface area (TPSA) is 195 Å². The van der Waals surface area contributed by atoms with Crippen LogP contribution in [-0.4, -0.2) is 102 Å². The van der Waals surface area contributed by atoms with E-state index in [1.807, 2.05) is 21.8 Å². The first-order valence-corrected chi connectivity index (χ1v) is 27.8. The summed E-state index contributed by atoms with van der Waals surface area (Å²) in [6, 6.07) is 24.7. The second kappa shape index (κ2) is 21.4. The van der Waals surface area contributed by atoms with Crippen molar-refractivity contribution < 1.29 is 41.5 Å². The number of aromatic amines is 1. The van der Waals surface area contributed by atoms with Crippen LogP contribution >= 0.6 is 0 Å². The van der Waals surface area contributed by atoms with Gasteiger partial charge in [-0.3, -0.25) is 24.7 Å². The zero-order valence-electron chi connectivity index (χ0n) is 43.4. The van der Waals surface area contributed by atoms with Gasteiger partial charge < -0.3 is 29.8 Å². The largest absolute Gasteiger partial charge is 0.497 e. The standard InChI is InChI=1S/C57H66F2N8O8S/c1-36(2)43-7-5-6-8-44(43)52-35-64(34-38-9-11-40(74-4)12-10-38)23-24-66(52)39-29-57(30-39)19-21-65(22-20-57)50-28-53(75-41-25-45-48(59)33-62-54(45)61-32-41)46(27-47(50)58)55(68)63-76(72,73)42-13-14-49(51(26-42)67(70)71)60-31-37-15-17-56(3,69)18-16-37/h5-14,25-28,32-33,36-37,39,52,60,69H,15-24,29-31,34-35H2,1-4H3,(H,61,62)(H,63,68). The van der Waals surface area contributed by atoms with Crippen LogP contribution in [0.2, 0.25) is 0 Å². The number of carbonyl (C=O) groups is 1. The zero-order chi connectivity index (χ0) is 53.5. The number of nitro groups is 1. The lowest BCUT2D eigenvalue weighted by Gasteiger charge is -2.58. The minimum atomic E-state index is -4.78. The molecule has 0 bridgehead atoms. The Morgan fingerprint density at radius 1 is 0.947 bits per heavy atom. The molecular weight excluding hydrogens is 995 g/mol. The number of hydrogen-bond donors (Lipinski definition) is 4. The number of H-pyrrole nitrogens is 1. The SMILES string of the molecule is COc1ccc(CN2CCN(C3CC4(CCN(c5cc(Oc6cnc7[nH]cc(F)c7c6)c(C(=O)NS(=O)(=O)c6ccc(NCC7CCC(C)(O)CC7)c([N+](=O)[O-])c6)cc5F)CC4)C3)C(c3ccccc3C(C)C)C2)cc1. The number of nitrogens with one attached hydrogen (secondary N) is 3. The number of carbonyl (C=O) groups excluding carboxylic acids is 1. The second-order valence-electron chi connectivity index (χ2n) is 22.0. The number of amides is 1. The third kappa shape index (κ3) is 11.2. The number of sulfonamides is 1. The average molecular weight is 1060 g/mol. The fraction of sp³-hybridized carbons (Fsp3) is 0.439. The number of aliphatic hydroxyl groups is 1. The van der Waals surface area contributed by atoms with Crippen molar-refractivity contribution in [3.8, 4) is 17.2 Å². The highest BCUT2D eigenvalue weighted by atomic mass is 32.2. The maximum Gasteiger partial charge on any atom is 0.293 e. The number of nitrogens with zero attached hydrogens (tertiary/aromatic N) is 5. The van der Waals surface area contributed by atoms with Gasteiger partial charge in [0.25, 0.3) is 21.6 Å². The highest BCUT2D eigenvalue weighted by Gasteiger charge is 2.50. The number of fused-ring (bicyclic) bond motifs is 1. The van der Waals surface area contributed by atoms with Crippen LogP contribution in [0.5, 0.6) is 17.2 Å². The smallest absolute Gasteiger partial charge is 0.293 e. The molecule has 4 fully saturated rings. The molecule has 1 amide bonds. The van der Waals surface area contributed by atoms with E-state index >= 15 is 4.39 Å². The van der Waals surface area contributed by atoms with Crippen LogP contribution in [0.25, 0.3) is 11.0 Å². The third-order valence-corrected chi connectivity index (χ3v) is 17.8. The third-order valence-electron chi connectivity index (χ3n) is 16.5. The van der Waals surface area contributed by atoms with Crippen molar-refractivity contribution in [1.29, 1.82) is 0 Å². The minimum absolute atomic E-state index is 0.00628. The van der Waals surface area contributed by atoms with E-state index in [9.17, 15) is 32.8 Å². The Morgan fingerprint density at radius 2 is 1.68 bits per heavy atom. The molecule has 4 heterocycles. The normalized spacial score (nSPS) is 21.4. The molecule has 0 radical (unpaired) electrons. The highest BCUT2D eigenvalue weighted by molar-refractivity contribution is 7.90. The van der Waals surface area contributed by atoms with E-state index in [1.165, 1.54) is 41.1 Å². The molecule has 2 saturated heterocycles. The van der Waals surface area contributed by atoms with Crippen LogP contribution in [0.15, 0.2) is 102 Å². The van der Waals surface area contributed by atoms with Gasteiger partial charge in [-0.2, -0.15) is 0 Å². The van der Waals surface area contributed by atoms with E-state index in [0.717, 1.165) is 94.8 Å². The summed E-state index contributed by atoms with van der Waals surface area (Å²) in [6.07, 6.45) is 8.71. The van der Waals surface area contributed by atoms with Gasteiger partial charge in [0.1, 0.15) is 40.2 Å². The number of benzene rings is 4. The van der Waals surface area contributed by atoms with Crippen LogP contribution in [-0.2, 0) is 16.6 Å². The van der Waals surface area contributed by atoms with Gasteiger partial charge in [-0.1, -0.05) is 50.2 Å². The van der Waals surface area contributed by atoms with Crippen LogP contribution in [0.4, 0.5) is 25.8 Å². The molecule has 19 heteroatoms. The summed E-state index contributed by atoms with van der Waals surface area (Å²) >= 11 is 0. The monoisotopic (exact) mass is 1060 g/mol. The summed E-state index contributed by atoms with van der Waals surface area (Å²) in [4.78, 5) is 39.2. The van der Waals surface area contributed by atoms with Gasteiger partial charge >= 0.3 is 0 Å². The molecule has 1 atom stereocenters. The summed E-state index contributed by atoms with van der Waals surface area (Å²) in [5, 5.41) is 25.7. The molecule has 2 aliphatic heterocycles. The van der Waals surface area contributed by atoms with Gasteiger partial charge in [-0.05, 0) is 129 Å². The maximum absolute atomic E-state index is 16.6. The van der Waals surface area contributed by atoms with E-state index in [2.05, 4.69) is 75.3 Å². The quantitative estimate of drug-likeness (QED) is 0.0529. The minimum Gasteiger partial charge on any atom is -0.497 e. The first kappa shape index (κ1) is 52.8. The molecular formula is C57H66F2N8O8S. The molecule has 4 aliphatic rings. The van der Waals surface area contributed by atoms with Crippen LogP contribution in [0.3, 0.4) is 0 Å². The number of anilines is 2. The van der Waals surface area contributed by atoms with Gasteiger partial charge in [0, 0.05) is 76.2 Å². The van der Waals surface area contributed by atoms with Crippen molar-refractivity contribution in [1.82, 2.24) is 24.5 Å². The lowest BCUT2D eigenvalue weighted by molar-refractivity contribution is -0.384. The summed E-state index contributed by atoms with van der Waals surface area (Å²) in [6.45, 7) is 11.3. The van der Waals surface area contributed by atoms with E-state index in [1.54, 1.807) is 14.0 Å². The van der Waals surface area contributed by atoms with Crippen LogP contribution in [0.1, 0.15) is 111 Å². The summed E-state index contributed by atoms with van der Waals surface area (Å²) in [5.74, 6) is -1.48. The number of methoxy groups -OCH3 is 1. The molecule has 402 valence electrons. The molecule has 10 rings (SSSR count). The number of nitro benzene ring substituents is 1. The van der Waals surface area contributed by atoms with Gasteiger partial charge in [0.2, 0.25) is 0 Å². The zero-order valence-corrected chi connectivity index (χ0v) is 44.2. The summed E-state index contributed by atoms with van der Waals surface area (Å²) in [7, 11) is -3.10. The second-order valence-corrected chi connectivity index (χ2v) is 23.6. The fourth-order valence-corrected chi connectivity index (χ4v) is 13.0. The molecule has 2 saturated carbocycles. The average Bonchev–Trinajstić information content (AvgIpc) is 3.81. The Kier molecular flexibility index (Phi) is 14.9. The molecule has 16 nitrogen and oxygen atoms in total. The number of halogens is 2. The lowest BCUT2D eigenvalue weighted by atomic mass is 9.59. The van der Waals surface area contributed by atoms with Crippen LogP contribution in [0, 0.1) is 33.1 Å². The Hall–Kier alpha value is -6.67. The van der Waals surface area contributed by atoms with E-state index in [0.29, 0.717) is 44.4 Å². The first-order valence-electron chi connectivity index (χ1n) is 26.3. The molecule has 2 aliphatic carbocycles. The van der Waals surface area contributed by atoms with Gasteiger partial charge in [0.15, 0.2) is 0 Å². The summed E-state index contributed by atoms with van der Waals surface area (Å²) < 4.78 is 72.6. The number of aromatic nitrogens is 2. The van der Waals surface area contributed by atoms with Gasteiger partial charge in [0.05, 0.1) is 45.4 Å². The van der Waals surface area contributed by atoms with Crippen molar-refractivity contribution >= 4 is 44.0 Å².